The van der Waals surface area contributed by atoms with E-state index < -0.39 is 33.9 Å². The van der Waals surface area contributed by atoms with Gasteiger partial charge in [0.25, 0.3) is 11.6 Å². The molecule has 8 heteroatoms. The molecule has 1 aliphatic rings. The number of hydrogen-bond acceptors (Lipinski definition) is 6. The van der Waals surface area contributed by atoms with Gasteiger partial charge in [0, 0.05) is 19.1 Å². The number of hydrogen-bond donors (Lipinski definition) is 1. The van der Waals surface area contributed by atoms with Crippen LogP contribution in [0.2, 0.25) is 0 Å². The molecule has 1 aromatic rings. The third kappa shape index (κ3) is 2.86. The number of benzene rings is 1. The van der Waals surface area contributed by atoms with Crippen LogP contribution in [0.1, 0.15) is 19.4 Å². The molecule has 0 saturated carbocycles. The summed E-state index contributed by atoms with van der Waals surface area (Å²) in [6.45, 7) is 2.23. The Morgan fingerprint density at radius 1 is 1.22 bits per heavy atom. The minimum atomic E-state index is -0.893. The maximum atomic E-state index is 12.1. The van der Waals surface area contributed by atoms with Crippen molar-refractivity contribution in [3.8, 4) is 0 Å². The lowest BCUT2D eigenvalue weighted by atomic mass is 10.1. The van der Waals surface area contributed by atoms with E-state index >= 15 is 0 Å². The van der Waals surface area contributed by atoms with Crippen molar-refractivity contribution in [2.75, 3.05) is 0 Å². The number of nitro benzene ring substituents is 1. The summed E-state index contributed by atoms with van der Waals surface area (Å²) in [6.07, 6.45) is 1.30. The number of rotatable bonds is 3. The maximum Gasteiger partial charge on any atom is 0.272 e. The van der Waals surface area contributed by atoms with Gasteiger partial charge in [0.1, 0.15) is 5.57 Å². The number of non-ortho nitro benzene ring substituents is 1. The van der Waals surface area contributed by atoms with Crippen LogP contribution >= 0.6 is 0 Å². The molecule has 2 rings (SSSR count). The highest BCUT2D eigenvalue weighted by atomic mass is 16.6. The second kappa shape index (κ2) is 5.84. The van der Waals surface area contributed by atoms with Gasteiger partial charge in [0.05, 0.1) is 10.6 Å². The molecule has 0 bridgehead atoms. The van der Waals surface area contributed by atoms with Crippen molar-refractivity contribution in [3.05, 3.63) is 57.0 Å². The first kappa shape index (κ1) is 16.1. The molecule has 2 amide bonds. The monoisotopic (exact) mass is 316 g/mol. The summed E-state index contributed by atoms with van der Waals surface area (Å²) in [4.78, 5) is 45.9. The predicted octanol–water partition coefficient (Wildman–Crippen LogP) is 1.73. The number of carbonyl (C=O) groups excluding carboxylic acids is 3. The van der Waals surface area contributed by atoms with Gasteiger partial charge in [0.15, 0.2) is 11.5 Å². The molecule has 0 atom stereocenters. The Morgan fingerprint density at radius 2 is 1.78 bits per heavy atom. The van der Waals surface area contributed by atoms with Crippen molar-refractivity contribution in [1.29, 1.82) is 0 Å². The van der Waals surface area contributed by atoms with Crippen LogP contribution < -0.4 is 0 Å². The number of aliphatic hydroxyl groups excluding tert-OH is 1. The Balaban J connectivity index is 2.53. The normalized spacial score (nSPS) is 16.2. The van der Waals surface area contributed by atoms with Crippen molar-refractivity contribution < 1.29 is 24.4 Å². The summed E-state index contributed by atoms with van der Waals surface area (Å²) in [5.41, 5.74) is -0.307. The SMILES string of the molecule is CC(=O)C1=C(O)/C(=C/c2ccc([N+](=O)[O-])cc2)N(C(C)=O)C1=O. The Hall–Kier alpha value is -3.29. The minimum Gasteiger partial charge on any atom is -0.505 e. The average Bonchev–Trinajstić information content (AvgIpc) is 2.70. The van der Waals surface area contributed by atoms with Gasteiger partial charge in [-0.1, -0.05) is 0 Å². The highest BCUT2D eigenvalue weighted by Gasteiger charge is 2.39. The molecule has 1 aromatic carbocycles. The van der Waals surface area contributed by atoms with Crippen molar-refractivity contribution in [2.45, 2.75) is 13.8 Å². The Labute approximate surface area is 130 Å². The van der Waals surface area contributed by atoms with Crippen molar-refractivity contribution in [1.82, 2.24) is 4.90 Å². The summed E-state index contributed by atoms with van der Waals surface area (Å²) in [6, 6.07) is 5.28. The lowest BCUT2D eigenvalue weighted by Gasteiger charge is -2.14. The van der Waals surface area contributed by atoms with Crippen LogP contribution in [-0.2, 0) is 14.4 Å². The zero-order valence-corrected chi connectivity index (χ0v) is 12.3. The molecular weight excluding hydrogens is 304 g/mol. The van der Waals surface area contributed by atoms with Crippen LogP contribution in [0.5, 0.6) is 0 Å². The smallest absolute Gasteiger partial charge is 0.272 e. The van der Waals surface area contributed by atoms with Crippen LogP contribution in [0.4, 0.5) is 5.69 Å². The van der Waals surface area contributed by atoms with Crippen molar-refractivity contribution in [2.24, 2.45) is 0 Å². The van der Waals surface area contributed by atoms with E-state index in [1.807, 2.05) is 0 Å². The highest BCUT2D eigenvalue weighted by Crippen LogP contribution is 2.30. The van der Waals surface area contributed by atoms with E-state index in [1.54, 1.807) is 0 Å². The van der Waals surface area contributed by atoms with Gasteiger partial charge in [-0.3, -0.25) is 24.5 Å². The Kier molecular flexibility index (Phi) is 4.08. The minimum absolute atomic E-state index is 0.123. The first-order valence-corrected chi connectivity index (χ1v) is 6.49. The Morgan fingerprint density at radius 3 is 2.22 bits per heavy atom. The van der Waals surface area contributed by atoms with Gasteiger partial charge in [-0.2, -0.15) is 0 Å². The van der Waals surface area contributed by atoms with E-state index in [1.165, 1.54) is 30.3 Å². The zero-order valence-electron chi connectivity index (χ0n) is 12.3. The third-order valence-electron chi connectivity index (χ3n) is 3.21. The summed E-state index contributed by atoms with van der Waals surface area (Å²) in [5, 5.41) is 20.7. The van der Waals surface area contributed by atoms with Gasteiger partial charge in [0.2, 0.25) is 5.91 Å². The maximum absolute atomic E-state index is 12.1. The molecule has 0 radical (unpaired) electrons. The molecule has 118 valence electrons. The molecule has 0 fully saturated rings. The van der Waals surface area contributed by atoms with Crippen molar-refractivity contribution >= 4 is 29.4 Å². The van der Waals surface area contributed by atoms with E-state index in [2.05, 4.69) is 0 Å². The van der Waals surface area contributed by atoms with Crippen LogP contribution in [0.25, 0.3) is 6.08 Å². The molecule has 0 unspecified atom stereocenters. The number of aliphatic hydroxyl groups is 1. The standard InChI is InChI=1S/C15H12N2O6/c1-8(18)13-14(20)12(16(9(2)19)15(13)21)7-10-3-5-11(6-4-10)17(22)23/h3-7,20H,1-2H3/b12-7-. The van der Waals surface area contributed by atoms with E-state index in [9.17, 15) is 29.6 Å². The molecule has 8 nitrogen and oxygen atoms in total. The van der Waals surface area contributed by atoms with E-state index in [-0.39, 0.29) is 11.4 Å². The topological polar surface area (TPSA) is 118 Å². The summed E-state index contributed by atoms with van der Waals surface area (Å²) in [7, 11) is 0. The predicted molar refractivity (Wildman–Crippen MR) is 78.9 cm³/mol. The first-order valence-electron chi connectivity index (χ1n) is 6.49. The van der Waals surface area contributed by atoms with Crippen LogP contribution in [0.3, 0.4) is 0 Å². The molecule has 0 saturated heterocycles. The number of amides is 2. The number of imide groups is 1. The second-order valence-corrected chi connectivity index (χ2v) is 4.82. The molecule has 1 aliphatic heterocycles. The van der Waals surface area contributed by atoms with Crippen LogP contribution in [0.15, 0.2) is 41.3 Å². The summed E-state index contributed by atoms with van der Waals surface area (Å²) >= 11 is 0. The lowest BCUT2D eigenvalue weighted by molar-refractivity contribution is -0.384. The molecule has 1 heterocycles. The van der Waals surface area contributed by atoms with Crippen LogP contribution in [0, 0.1) is 10.1 Å². The first-order chi connectivity index (χ1) is 10.7. The summed E-state index contributed by atoms with van der Waals surface area (Å²) in [5.74, 6) is -2.80. The highest BCUT2D eigenvalue weighted by molar-refractivity contribution is 6.25. The third-order valence-corrected chi connectivity index (χ3v) is 3.21. The zero-order chi connectivity index (χ0) is 17.3. The number of Topliss-reactive ketones (excluding diaryl/α,β-unsaturated/α-hetero) is 1. The molecule has 0 aliphatic carbocycles. The van der Waals surface area contributed by atoms with Crippen molar-refractivity contribution in [3.63, 3.8) is 0 Å². The van der Waals surface area contributed by atoms with Gasteiger partial charge in [-0.05, 0) is 30.7 Å². The summed E-state index contributed by atoms with van der Waals surface area (Å²) < 4.78 is 0. The fourth-order valence-electron chi connectivity index (χ4n) is 2.17. The van der Waals surface area contributed by atoms with E-state index in [0.29, 0.717) is 10.5 Å². The Bertz CT molecular complexity index is 789. The lowest BCUT2D eigenvalue weighted by Crippen LogP contribution is -2.31. The molecular formula is C15H12N2O6. The molecule has 0 aromatic heterocycles. The largest absolute Gasteiger partial charge is 0.505 e. The van der Waals surface area contributed by atoms with Gasteiger partial charge >= 0.3 is 0 Å². The van der Waals surface area contributed by atoms with Gasteiger partial charge in [-0.15, -0.1) is 0 Å². The van der Waals surface area contributed by atoms with Crippen LogP contribution in [-0.4, -0.2) is 32.5 Å². The quantitative estimate of drug-likeness (QED) is 0.515. The molecule has 1 N–H and O–H groups in total. The van der Waals surface area contributed by atoms with E-state index in [4.69, 9.17) is 0 Å². The van der Waals surface area contributed by atoms with Gasteiger partial charge < -0.3 is 5.11 Å². The number of ketones is 1. The molecule has 23 heavy (non-hydrogen) atoms. The van der Waals surface area contributed by atoms with E-state index in [0.717, 1.165) is 13.8 Å². The number of carbonyl (C=O) groups is 3. The number of nitro groups is 1. The fourth-order valence-corrected chi connectivity index (χ4v) is 2.17. The molecule has 0 spiro atoms. The average molecular weight is 316 g/mol. The second-order valence-electron chi connectivity index (χ2n) is 4.82. The number of nitrogens with zero attached hydrogens (tertiary/aromatic N) is 2. The van der Waals surface area contributed by atoms with Gasteiger partial charge in [-0.25, -0.2) is 4.90 Å². The fraction of sp³-hybridized carbons (Fsp3) is 0.133.